The van der Waals surface area contributed by atoms with Crippen LogP contribution in [0.25, 0.3) is 11.6 Å². The van der Waals surface area contributed by atoms with E-state index in [0.717, 1.165) is 22.5 Å². The largest absolute Gasteiger partial charge is 0.508 e. The molecule has 0 radical (unpaired) electrons. The van der Waals surface area contributed by atoms with E-state index in [1.165, 1.54) is 0 Å². The topological polar surface area (TPSA) is 92.8 Å². The van der Waals surface area contributed by atoms with Gasteiger partial charge in [0.1, 0.15) is 18.5 Å². The third kappa shape index (κ3) is 5.25. The van der Waals surface area contributed by atoms with Crippen LogP contribution in [0.1, 0.15) is 45.1 Å². The molecule has 5 rings (SSSR count). The van der Waals surface area contributed by atoms with Gasteiger partial charge in [-0.3, -0.25) is 4.79 Å². The van der Waals surface area contributed by atoms with Gasteiger partial charge < -0.3 is 29.6 Å². The monoisotopic (exact) mass is 534 g/mol. The highest BCUT2D eigenvalue weighted by Crippen LogP contribution is 2.44. The summed E-state index contributed by atoms with van der Waals surface area (Å²) in [4.78, 5) is 16.3. The Morgan fingerprint density at radius 3 is 2.48 bits per heavy atom. The molecular formula is C33H30N2O5. The van der Waals surface area contributed by atoms with Gasteiger partial charge in [0.25, 0.3) is 5.91 Å². The standard InChI is InChI=1S/C33H30N2O5/c1-20-15-21(2)34-28(20)17-27-25-16-26(30(36)18-29(25)35-33(27)37)23(13-14-40-19-22-9-6-5-7-10-22)24-11-8-12-31(38-3)32(24)39-4/h5-12,15-18,23,34,36H,19H2,1-4H3,(H,35,37)/b27-17-. The Morgan fingerprint density at radius 2 is 1.77 bits per heavy atom. The molecule has 1 aromatic heterocycles. The number of H-pyrrole nitrogens is 1. The van der Waals surface area contributed by atoms with E-state index in [0.29, 0.717) is 46.1 Å². The first-order chi connectivity index (χ1) is 19.4. The highest BCUT2D eigenvalue weighted by molar-refractivity contribution is 6.35. The second kappa shape index (κ2) is 11.3. The third-order valence-corrected chi connectivity index (χ3v) is 6.84. The van der Waals surface area contributed by atoms with Crippen LogP contribution in [0.5, 0.6) is 17.2 Å². The fourth-order valence-corrected chi connectivity index (χ4v) is 4.92. The van der Waals surface area contributed by atoms with Gasteiger partial charge in [-0.15, -0.1) is 0 Å². The van der Waals surface area contributed by atoms with Crippen LogP contribution in [-0.4, -0.2) is 30.2 Å². The van der Waals surface area contributed by atoms with Crippen LogP contribution >= 0.6 is 0 Å². The predicted molar refractivity (Wildman–Crippen MR) is 155 cm³/mol. The van der Waals surface area contributed by atoms with Crippen LogP contribution in [0.3, 0.4) is 0 Å². The number of carbonyl (C=O) groups is 1. The highest BCUT2D eigenvalue weighted by atomic mass is 16.5. The van der Waals surface area contributed by atoms with Gasteiger partial charge >= 0.3 is 0 Å². The number of anilines is 1. The first-order valence-corrected chi connectivity index (χ1v) is 12.8. The number of nitrogens with one attached hydrogen (secondary N) is 2. The van der Waals surface area contributed by atoms with Crippen molar-refractivity contribution in [3.63, 3.8) is 0 Å². The number of aryl methyl sites for hydroxylation is 2. The van der Waals surface area contributed by atoms with Gasteiger partial charge in [0.15, 0.2) is 11.5 Å². The van der Waals surface area contributed by atoms with Crippen LogP contribution in [0, 0.1) is 25.9 Å². The number of amides is 1. The minimum atomic E-state index is -0.655. The third-order valence-electron chi connectivity index (χ3n) is 6.84. The molecule has 3 N–H and O–H groups in total. The first-order valence-electron chi connectivity index (χ1n) is 12.8. The zero-order valence-electron chi connectivity index (χ0n) is 22.8. The minimum Gasteiger partial charge on any atom is -0.508 e. The Bertz CT molecular complexity index is 1660. The first kappa shape index (κ1) is 26.5. The number of aromatic amines is 1. The van der Waals surface area contributed by atoms with Gasteiger partial charge in [-0.25, -0.2) is 0 Å². The fourth-order valence-electron chi connectivity index (χ4n) is 4.92. The molecule has 3 aromatic carbocycles. The van der Waals surface area contributed by atoms with E-state index in [9.17, 15) is 9.90 Å². The maximum absolute atomic E-state index is 13.0. The number of phenolic OH excluding ortho intramolecular Hbond substituents is 1. The lowest BCUT2D eigenvalue weighted by Crippen LogP contribution is -2.04. The summed E-state index contributed by atoms with van der Waals surface area (Å²) in [7, 11) is 3.13. The maximum atomic E-state index is 13.0. The molecule has 1 aliphatic rings. The van der Waals surface area contributed by atoms with Crippen molar-refractivity contribution in [2.75, 3.05) is 19.5 Å². The molecular weight excluding hydrogens is 504 g/mol. The number of hydrogen-bond acceptors (Lipinski definition) is 5. The summed E-state index contributed by atoms with van der Waals surface area (Å²) in [5.74, 6) is 3.29. The smallest absolute Gasteiger partial charge is 0.256 e. The number of aromatic hydroxyl groups is 1. The van der Waals surface area contributed by atoms with Crippen LogP contribution in [-0.2, 0) is 16.1 Å². The number of para-hydroxylation sites is 1. The Hall–Kier alpha value is -5.09. The molecule has 0 saturated carbocycles. The normalized spacial score (nSPS) is 13.7. The average molecular weight is 535 g/mol. The van der Waals surface area contributed by atoms with Gasteiger partial charge in [-0.05, 0) is 55.2 Å². The van der Waals surface area contributed by atoms with Crippen molar-refractivity contribution < 1.29 is 24.1 Å². The molecule has 0 fully saturated rings. The van der Waals surface area contributed by atoms with E-state index in [1.807, 2.05) is 68.5 Å². The molecule has 7 nitrogen and oxygen atoms in total. The molecule has 1 atom stereocenters. The second-order valence-electron chi connectivity index (χ2n) is 9.55. The highest BCUT2D eigenvalue weighted by Gasteiger charge is 2.30. The summed E-state index contributed by atoms with van der Waals surface area (Å²) < 4.78 is 16.9. The van der Waals surface area contributed by atoms with Gasteiger partial charge in [0.05, 0.1) is 31.4 Å². The average Bonchev–Trinajstić information content (AvgIpc) is 3.44. The van der Waals surface area contributed by atoms with E-state index in [-0.39, 0.29) is 11.7 Å². The zero-order chi connectivity index (χ0) is 28.2. The summed E-state index contributed by atoms with van der Waals surface area (Å²) >= 11 is 0. The maximum Gasteiger partial charge on any atom is 0.256 e. The van der Waals surface area contributed by atoms with E-state index in [1.54, 1.807) is 32.4 Å². The van der Waals surface area contributed by atoms with Crippen molar-refractivity contribution >= 4 is 23.2 Å². The SMILES string of the molecule is COc1cccc(C(C#COCc2ccccc2)c2cc3c(cc2O)NC(=O)/C3=C\c2[nH]c(C)cc2C)c1OC. The number of benzene rings is 3. The zero-order valence-corrected chi connectivity index (χ0v) is 22.8. The number of rotatable bonds is 7. The van der Waals surface area contributed by atoms with E-state index in [4.69, 9.17) is 14.2 Å². The molecule has 40 heavy (non-hydrogen) atoms. The van der Waals surface area contributed by atoms with Crippen LogP contribution in [0.4, 0.5) is 5.69 Å². The minimum absolute atomic E-state index is 0.0144. The molecule has 0 bridgehead atoms. The number of fused-ring (bicyclic) bond motifs is 1. The molecule has 7 heteroatoms. The van der Waals surface area contributed by atoms with Crippen molar-refractivity contribution in [3.05, 3.63) is 106 Å². The van der Waals surface area contributed by atoms with Crippen LogP contribution in [0.15, 0.2) is 66.7 Å². The number of ether oxygens (including phenoxy) is 3. The molecule has 4 aromatic rings. The molecule has 1 aliphatic heterocycles. The molecule has 2 heterocycles. The molecule has 0 spiro atoms. The number of methoxy groups -OCH3 is 2. The van der Waals surface area contributed by atoms with E-state index >= 15 is 0 Å². The second-order valence-corrected chi connectivity index (χ2v) is 9.55. The van der Waals surface area contributed by atoms with Gasteiger partial charge in [-0.1, -0.05) is 42.5 Å². The Labute approximate surface area is 233 Å². The molecule has 1 unspecified atom stereocenters. The summed E-state index contributed by atoms with van der Waals surface area (Å²) in [6.07, 6.45) is 4.66. The van der Waals surface area contributed by atoms with Crippen molar-refractivity contribution in [2.24, 2.45) is 0 Å². The number of carbonyl (C=O) groups excluding carboxylic acids is 1. The summed E-state index contributed by atoms with van der Waals surface area (Å²) in [5, 5.41) is 14.0. The summed E-state index contributed by atoms with van der Waals surface area (Å²) in [6.45, 7) is 4.27. The number of aromatic nitrogens is 1. The molecule has 202 valence electrons. The van der Waals surface area contributed by atoms with Gasteiger partial charge in [0.2, 0.25) is 0 Å². The lowest BCUT2D eigenvalue weighted by atomic mass is 9.88. The quantitative estimate of drug-likeness (QED) is 0.195. The van der Waals surface area contributed by atoms with Gasteiger partial charge in [0, 0.05) is 34.1 Å². The number of phenols is 1. The lowest BCUT2D eigenvalue weighted by molar-refractivity contribution is -0.110. The predicted octanol–water partition coefficient (Wildman–Crippen LogP) is 6.16. The Balaban J connectivity index is 1.61. The van der Waals surface area contributed by atoms with Gasteiger partial charge in [-0.2, -0.15) is 0 Å². The van der Waals surface area contributed by atoms with Crippen LogP contribution in [0.2, 0.25) is 0 Å². The summed E-state index contributed by atoms with van der Waals surface area (Å²) in [6, 6.07) is 20.6. The van der Waals surface area contributed by atoms with E-state index < -0.39 is 5.92 Å². The number of hydrogen-bond donors (Lipinski definition) is 3. The van der Waals surface area contributed by atoms with E-state index in [2.05, 4.69) is 22.3 Å². The van der Waals surface area contributed by atoms with Crippen molar-refractivity contribution in [1.29, 1.82) is 0 Å². The molecule has 0 aliphatic carbocycles. The van der Waals surface area contributed by atoms with Crippen molar-refractivity contribution in [1.82, 2.24) is 4.98 Å². The van der Waals surface area contributed by atoms with Crippen molar-refractivity contribution in [2.45, 2.75) is 26.4 Å². The van der Waals surface area contributed by atoms with Crippen LogP contribution < -0.4 is 14.8 Å². The molecule has 1 amide bonds. The summed E-state index contributed by atoms with van der Waals surface area (Å²) in [5.41, 5.74) is 6.76. The lowest BCUT2D eigenvalue weighted by Gasteiger charge is -2.19. The van der Waals surface area contributed by atoms with Crippen molar-refractivity contribution in [3.8, 4) is 29.3 Å². The Kier molecular flexibility index (Phi) is 7.52. The Morgan fingerprint density at radius 1 is 0.975 bits per heavy atom. The molecule has 0 saturated heterocycles. The fraction of sp³-hybridized carbons (Fsp3) is 0.182.